The smallest absolute Gasteiger partial charge is 0.119 e. The number of nitrogens with zero attached hydrogens (tertiary/aromatic N) is 1. The van der Waals surface area contributed by atoms with Crippen LogP contribution in [0.5, 0.6) is 5.75 Å². The lowest BCUT2D eigenvalue weighted by molar-refractivity contribution is 0.242. The first-order valence-corrected chi connectivity index (χ1v) is 7.00. The SMILES string of the molecule is Cc1ccncc1NC(C)c1ccc(OC(C)C)cc1. The van der Waals surface area contributed by atoms with Gasteiger partial charge in [-0.2, -0.15) is 0 Å². The number of aryl methyl sites for hydroxylation is 1. The van der Waals surface area contributed by atoms with E-state index in [1.165, 1.54) is 11.1 Å². The number of rotatable bonds is 5. The Morgan fingerprint density at radius 1 is 1.05 bits per heavy atom. The first-order valence-electron chi connectivity index (χ1n) is 7.00. The molecule has 1 unspecified atom stereocenters. The number of hydrogen-bond acceptors (Lipinski definition) is 3. The molecule has 3 heteroatoms. The second-order valence-electron chi connectivity index (χ2n) is 5.29. The molecule has 1 atom stereocenters. The summed E-state index contributed by atoms with van der Waals surface area (Å²) in [7, 11) is 0. The van der Waals surface area contributed by atoms with Crippen LogP contribution in [0.2, 0.25) is 0 Å². The summed E-state index contributed by atoms with van der Waals surface area (Å²) < 4.78 is 5.66. The van der Waals surface area contributed by atoms with Crippen LogP contribution in [-0.2, 0) is 0 Å². The van der Waals surface area contributed by atoms with Crippen LogP contribution in [0.15, 0.2) is 42.7 Å². The normalized spacial score (nSPS) is 12.2. The number of ether oxygens (including phenoxy) is 1. The van der Waals surface area contributed by atoms with E-state index in [-0.39, 0.29) is 12.1 Å². The highest BCUT2D eigenvalue weighted by atomic mass is 16.5. The maximum absolute atomic E-state index is 5.66. The number of aromatic nitrogens is 1. The molecule has 1 aromatic carbocycles. The second kappa shape index (κ2) is 6.42. The van der Waals surface area contributed by atoms with Crippen LogP contribution in [0.4, 0.5) is 5.69 Å². The van der Waals surface area contributed by atoms with Crippen LogP contribution in [0, 0.1) is 6.92 Å². The average molecular weight is 270 g/mol. The molecule has 1 N–H and O–H groups in total. The molecule has 0 spiro atoms. The van der Waals surface area contributed by atoms with Gasteiger partial charge in [-0.1, -0.05) is 12.1 Å². The van der Waals surface area contributed by atoms with E-state index < -0.39 is 0 Å². The Kier molecular flexibility index (Phi) is 4.61. The molecule has 1 aromatic heterocycles. The van der Waals surface area contributed by atoms with Crippen molar-refractivity contribution in [2.75, 3.05) is 5.32 Å². The van der Waals surface area contributed by atoms with Gasteiger partial charge in [0.2, 0.25) is 0 Å². The summed E-state index contributed by atoms with van der Waals surface area (Å²) in [6.07, 6.45) is 3.88. The second-order valence-corrected chi connectivity index (χ2v) is 5.29. The highest BCUT2D eigenvalue weighted by Crippen LogP contribution is 2.23. The van der Waals surface area contributed by atoms with Crippen molar-refractivity contribution in [2.45, 2.75) is 39.8 Å². The summed E-state index contributed by atoms with van der Waals surface area (Å²) in [6, 6.07) is 10.5. The van der Waals surface area contributed by atoms with Crippen molar-refractivity contribution < 1.29 is 4.74 Å². The van der Waals surface area contributed by atoms with Crippen molar-refractivity contribution in [1.29, 1.82) is 0 Å². The molecule has 106 valence electrons. The van der Waals surface area contributed by atoms with Gasteiger partial charge in [-0.25, -0.2) is 0 Å². The van der Waals surface area contributed by atoms with Crippen molar-refractivity contribution in [3.05, 3.63) is 53.9 Å². The molecule has 0 saturated carbocycles. The largest absolute Gasteiger partial charge is 0.491 e. The van der Waals surface area contributed by atoms with Gasteiger partial charge in [-0.15, -0.1) is 0 Å². The van der Waals surface area contributed by atoms with E-state index in [0.717, 1.165) is 11.4 Å². The highest BCUT2D eigenvalue weighted by molar-refractivity contribution is 5.50. The maximum atomic E-state index is 5.66. The minimum Gasteiger partial charge on any atom is -0.491 e. The van der Waals surface area contributed by atoms with Crippen LogP contribution in [-0.4, -0.2) is 11.1 Å². The van der Waals surface area contributed by atoms with Gasteiger partial charge in [0.15, 0.2) is 0 Å². The van der Waals surface area contributed by atoms with Crippen molar-refractivity contribution in [3.63, 3.8) is 0 Å². The Bertz CT molecular complexity index is 549. The maximum Gasteiger partial charge on any atom is 0.119 e. The van der Waals surface area contributed by atoms with Crippen LogP contribution >= 0.6 is 0 Å². The predicted octanol–water partition coefficient (Wildman–Crippen LogP) is 4.35. The quantitative estimate of drug-likeness (QED) is 0.877. The van der Waals surface area contributed by atoms with Crippen molar-refractivity contribution >= 4 is 5.69 Å². The molecule has 0 saturated heterocycles. The van der Waals surface area contributed by atoms with E-state index in [1.807, 2.05) is 44.4 Å². The number of nitrogens with one attached hydrogen (secondary N) is 1. The van der Waals surface area contributed by atoms with Crippen LogP contribution < -0.4 is 10.1 Å². The minimum atomic E-state index is 0.203. The Balaban J connectivity index is 2.06. The van der Waals surface area contributed by atoms with E-state index >= 15 is 0 Å². The summed E-state index contributed by atoms with van der Waals surface area (Å²) in [5.74, 6) is 0.911. The Labute approximate surface area is 121 Å². The van der Waals surface area contributed by atoms with Gasteiger partial charge in [-0.05, 0) is 57.0 Å². The molecule has 0 aliphatic heterocycles. The summed E-state index contributed by atoms with van der Waals surface area (Å²) in [5.41, 5.74) is 3.50. The predicted molar refractivity (Wildman–Crippen MR) is 83.2 cm³/mol. The molecule has 0 amide bonds. The van der Waals surface area contributed by atoms with Crippen molar-refractivity contribution in [1.82, 2.24) is 4.98 Å². The topological polar surface area (TPSA) is 34.2 Å². The number of pyridine rings is 1. The third-order valence-electron chi connectivity index (χ3n) is 3.16. The zero-order chi connectivity index (χ0) is 14.5. The van der Waals surface area contributed by atoms with E-state index in [0.29, 0.717) is 0 Å². The van der Waals surface area contributed by atoms with Crippen molar-refractivity contribution in [3.8, 4) is 5.75 Å². The van der Waals surface area contributed by atoms with Gasteiger partial charge in [0.25, 0.3) is 0 Å². The van der Waals surface area contributed by atoms with Crippen LogP contribution in [0.25, 0.3) is 0 Å². The lowest BCUT2D eigenvalue weighted by Gasteiger charge is -2.18. The molecule has 0 aliphatic carbocycles. The molecule has 0 aliphatic rings. The fraction of sp³-hybridized carbons (Fsp3) is 0.353. The van der Waals surface area contributed by atoms with Gasteiger partial charge in [-0.3, -0.25) is 4.98 Å². The number of hydrogen-bond donors (Lipinski definition) is 1. The van der Waals surface area contributed by atoms with Gasteiger partial charge >= 0.3 is 0 Å². The minimum absolute atomic E-state index is 0.203. The van der Waals surface area contributed by atoms with Crippen LogP contribution in [0.1, 0.15) is 37.9 Å². The molecule has 3 nitrogen and oxygen atoms in total. The molecular weight excluding hydrogens is 248 g/mol. The molecule has 0 bridgehead atoms. The average Bonchev–Trinajstić information content (AvgIpc) is 2.41. The summed E-state index contributed by atoms with van der Waals surface area (Å²) >= 11 is 0. The molecule has 2 rings (SSSR count). The fourth-order valence-corrected chi connectivity index (χ4v) is 2.04. The highest BCUT2D eigenvalue weighted by Gasteiger charge is 2.07. The molecule has 20 heavy (non-hydrogen) atoms. The third kappa shape index (κ3) is 3.73. The lowest BCUT2D eigenvalue weighted by Crippen LogP contribution is -2.09. The van der Waals surface area contributed by atoms with Gasteiger partial charge < -0.3 is 10.1 Å². The Morgan fingerprint density at radius 2 is 1.75 bits per heavy atom. The standard InChI is InChI=1S/C17H22N2O/c1-12(2)20-16-7-5-15(6-8-16)14(4)19-17-11-18-10-9-13(17)3/h5-12,14,19H,1-4H3. The molecule has 2 aromatic rings. The Morgan fingerprint density at radius 3 is 2.35 bits per heavy atom. The summed E-state index contributed by atoms with van der Waals surface area (Å²) in [5, 5.41) is 3.48. The molecule has 0 fully saturated rings. The molecule has 1 heterocycles. The van der Waals surface area contributed by atoms with Crippen molar-refractivity contribution in [2.24, 2.45) is 0 Å². The van der Waals surface area contributed by atoms with E-state index in [4.69, 9.17) is 4.74 Å². The van der Waals surface area contributed by atoms with E-state index in [1.54, 1.807) is 0 Å². The van der Waals surface area contributed by atoms with Gasteiger partial charge in [0.05, 0.1) is 18.0 Å². The monoisotopic (exact) mass is 270 g/mol. The van der Waals surface area contributed by atoms with Crippen LogP contribution in [0.3, 0.4) is 0 Å². The first kappa shape index (κ1) is 14.4. The summed E-state index contributed by atoms with van der Waals surface area (Å²) in [6.45, 7) is 8.29. The third-order valence-corrected chi connectivity index (χ3v) is 3.16. The fourth-order valence-electron chi connectivity index (χ4n) is 2.04. The molecular formula is C17H22N2O. The number of benzene rings is 1. The van der Waals surface area contributed by atoms with Gasteiger partial charge in [0, 0.05) is 12.2 Å². The Hall–Kier alpha value is -2.03. The van der Waals surface area contributed by atoms with Gasteiger partial charge in [0.1, 0.15) is 5.75 Å². The zero-order valence-corrected chi connectivity index (χ0v) is 12.6. The number of anilines is 1. The first-order chi connectivity index (χ1) is 9.56. The summed E-state index contributed by atoms with van der Waals surface area (Å²) in [4.78, 5) is 4.16. The van der Waals surface area contributed by atoms with E-state index in [2.05, 4.69) is 36.3 Å². The molecule has 0 radical (unpaired) electrons. The van der Waals surface area contributed by atoms with E-state index in [9.17, 15) is 0 Å². The lowest BCUT2D eigenvalue weighted by atomic mass is 10.1. The zero-order valence-electron chi connectivity index (χ0n) is 12.6.